The standard InChI is InChI=1S/C16H14ClN5O3/c1-2-25-14(23)10-5-3-6-11(9-10)18-16(24)19-15-21-20-13-8-4-7-12(17)22(13)15/h3-9H,2H2,1H3,(H2,18,19,21,24). The molecule has 2 heterocycles. The molecule has 0 atom stereocenters. The summed E-state index contributed by atoms with van der Waals surface area (Å²) in [5, 5.41) is 13.4. The molecule has 25 heavy (non-hydrogen) atoms. The number of pyridine rings is 1. The maximum atomic E-state index is 12.2. The molecule has 3 aromatic rings. The number of carbonyl (C=O) groups excluding carboxylic acids is 2. The molecule has 0 aliphatic heterocycles. The molecular weight excluding hydrogens is 346 g/mol. The van der Waals surface area contributed by atoms with Gasteiger partial charge in [0, 0.05) is 5.69 Å². The van der Waals surface area contributed by atoms with Crippen molar-refractivity contribution in [2.24, 2.45) is 0 Å². The number of anilines is 2. The van der Waals surface area contributed by atoms with E-state index in [2.05, 4.69) is 20.8 Å². The minimum Gasteiger partial charge on any atom is -0.462 e. The van der Waals surface area contributed by atoms with E-state index < -0.39 is 12.0 Å². The Morgan fingerprint density at radius 1 is 1.16 bits per heavy atom. The molecule has 9 heteroatoms. The normalized spacial score (nSPS) is 10.5. The molecule has 2 N–H and O–H groups in total. The quantitative estimate of drug-likeness (QED) is 0.550. The summed E-state index contributed by atoms with van der Waals surface area (Å²) >= 11 is 6.09. The van der Waals surface area contributed by atoms with Crippen molar-refractivity contribution in [3.05, 3.63) is 53.2 Å². The number of ether oxygens (including phenoxy) is 1. The largest absolute Gasteiger partial charge is 0.462 e. The number of carbonyl (C=O) groups is 2. The summed E-state index contributed by atoms with van der Waals surface area (Å²) in [5.41, 5.74) is 1.28. The number of urea groups is 1. The van der Waals surface area contributed by atoms with E-state index in [-0.39, 0.29) is 12.6 Å². The van der Waals surface area contributed by atoms with Crippen LogP contribution >= 0.6 is 11.6 Å². The number of hydrogen-bond donors (Lipinski definition) is 2. The molecule has 2 aromatic heterocycles. The number of fused-ring (bicyclic) bond motifs is 1. The van der Waals surface area contributed by atoms with Gasteiger partial charge in [-0.3, -0.25) is 9.72 Å². The fourth-order valence-electron chi connectivity index (χ4n) is 2.19. The lowest BCUT2D eigenvalue weighted by atomic mass is 10.2. The van der Waals surface area contributed by atoms with Crippen LogP contribution in [0, 0.1) is 0 Å². The first-order valence-electron chi connectivity index (χ1n) is 7.43. The number of benzene rings is 1. The third kappa shape index (κ3) is 3.69. The highest BCUT2D eigenvalue weighted by molar-refractivity contribution is 6.30. The van der Waals surface area contributed by atoms with Crippen LogP contribution in [0.25, 0.3) is 5.65 Å². The minimum absolute atomic E-state index is 0.180. The van der Waals surface area contributed by atoms with E-state index in [9.17, 15) is 9.59 Å². The first-order chi connectivity index (χ1) is 12.1. The van der Waals surface area contributed by atoms with Gasteiger partial charge in [0.15, 0.2) is 5.65 Å². The molecular formula is C16H14ClN5O3. The Hall–Kier alpha value is -3.13. The number of halogens is 1. The fourth-order valence-corrected chi connectivity index (χ4v) is 2.43. The molecule has 8 nitrogen and oxygen atoms in total. The van der Waals surface area contributed by atoms with Crippen molar-refractivity contribution >= 4 is 40.9 Å². The van der Waals surface area contributed by atoms with Crippen molar-refractivity contribution < 1.29 is 14.3 Å². The van der Waals surface area contributed by atoms with Crippen LogP contribution in [0.1, 0.15) is 17.3 Å². The number of esters is 1. The second kappa shape index (κ2) is 7.18. The molecule has 2 amide bonds. The van der Waals surface area contributed by atoms with E-state index in [4.69, 9.17) is 16.3 Å². The molecule has 3 rings (SSSR count). The summed E-state index contributed by atoms with van der Waals surface area (Å²) in [7, 11) is 0. The van der Waals surface area contributed by atoms with Gasteiger partial charge in [0.2, 0.25) is 5.95 Å². The van der Waals surface area contributed by atoms with Crippen molar-refractivity contribution in [1.82, 2.24) is 14.6 Å². The van der Waals surface area contributed by atoms with Gasteiger partial charge in [-0.25, -0.2) is 9.59 Å². The Labute approximate surface area is 147 Å². The Bertz CT molecular complexity index is 940. The first-order valence-corrected chi connectivity index (χ1v) is 7.81. The minimum atomic E-state index is -0.546. The zero-order valence-corrected chi connectivity index (χ0v) is 13.9. The number of rotatable bonds is 4. The number of nitrogens with zero attached hydrogens (tertiary/aromatic N) is 3. The van der Waals surface area contributed by atoms with Gasteiger partial charge in [-0.2, -0.15) is 0 Å². The van der Waals surface area contributed by atoms with E-state index in [1.165, 1.54) is 10.5 Å². The zero-order chi connectivity index (χ0) is 17.8. The lowest BCUT2D eigenvalue weighted by Gasteiger charge is -2.08. The van der Waals surface area contributed by atoms with E-state index in [1.807, 2.05) is 0 Å². The molecule has 0 unspecified atom stereocenters. The molecule has 0 saturated heterocycles. The summed E-state index contributed by atoms with van der Waals surface area (Å²) in [6, 6.07) is 11.0. The third-order valence-corrected chi connectivity index (χ3v) is 3.53. The molecule has 0 spiro atoms. The lowest BCUT2D eigenvalue weighted by Crippen LogP contribution is -2.21. The molecule has 128 valence electrons. The molecule has 0 fully saturated rings. The molecule has 0 radical (unpaired) electrons. The van der Waals surface area contributed by atoms with Gasteiger partial charge in [-0.15, -0.1) is 10.2 Å². The topological polar surface area (TPSA) is 97.6 Å². The van der Waals surface area contributed by atoms with Crippen LogP contribution in [0.15, 0.2) is 42.5 Å². The van der Waals surface area contributed by atoms with Gasteiger partial charge in [0.1, 0.15) is 5.15 Å². The van der Waals surface area contributed by atoms with Crippen LogP contribution in [0.5, 0.6) is 0 Å². The van der Waals surface area contributed by atoms with Gasteiger partial charge in [0.05, 0.1) is 12.2 Å². The molecule has 1 aromatic carbocycles. The van der Waals surface area contributed by atoms with E-state index in [0.29, 0.717) is 22.1 Å². The maximum absolute atomic E-state index is 12.2. The summed E-state index contributed by atoms with van der Waals surface area (Å²) in [5.74, 6) is -0.276. The Balaban J connectivity index is 1.74. The summed E-state index contributed by atoms with van der Waals surface area (Å²) in [6.07, 6.45) is 0. The van der Waals surface area contributed by atoms with Crippen LogP contribution in [0.4, 0.5) is 16.4 Å². The third-order valence-electron chi connectivity index (χ3n) is 3.24. The first kappa shape index (κ1) is 16.7. The Morgan fingerprint density at radius 2 is 1.96 bits per heavy atom. The van der Waals surface area contributed by atoms with Gasteiger partial charge < -0.3 is 10.1 Å². The van der Waals surface area contributed by atoms with E-state index >= 15 is 0 Å². The van der Waals surface area contributed by atoms with Gasteiger partial charge in [0.25, 0.3) is 0 Å². The number of nitrogens with one attached hydrogen (secondary N) is 2. The maximum Gasteiger partial charge on any atom is 0.338 e. The SMILES string of the molecule is CCOC(=O)c1cccc(NC(=O)Nc2nnc3cccc(Cl)n23)c1. The van der Waals surface area contributed by atoms with Gasteiger partial charge in [-0.1, -0.05) is 23.7 Å². The summed E-state index contributed by atoms with van der Waals surface area (Å²) in [6.45, 7) is 2.00. The number of hydrogen-bond acceptors (Lipinski definition) is 5. The van der Waals surface area contributed by atoms with Crippen molar-refractivity contribution in [2.45, 2.75) is 6.92 Å². The summed E-state index contributed by atoms with van der Waals surface area (Å²) in [4.78, 5) is 23.9. The van der Waals surface area contributed by atoms with Crippen LogP contribution in [-0.2, 0) is 4.74 Å². The number of amides is 2. The average molecular weight is 360 g/mol. The van der Waals surface area contributed by atoms with Crippen molar-refractivity contribution in [3.8, 4) is 0 Å². The highest BCUT2D eigenvalue weighted by Gasteiger charge is 2.12. The second-order valence-corrected chi connectivity index (χ2v) is 5.33. The van der Waals surface area contributed by atoms with Crippen molar-refractivity contribution in [3.63, 3.8) is 0 Å². The van der Waals surface area contributed by atoms with Crippen LogP contribution < -0.4 is 10.6 Å². The zero-order valence-electron chi connectivity index (χ0n) is 13.2. The van der Waals surface area contributed by atoms with Crippen molar-refractivity contribution in [1.29, 1.82) is 0 Å². The monoisotopic (exact) mass is 359 g/mol. The predicted molar refractivity (Wildman–Crippen MR) is 93.0 cm³/mol. The lowest BCUT2D eigenvalue weighted by molar-refractivity contribution is 0.0526. The summed E-state index contributed by atoms with van der Waals surface area (Å²) < 4.78 is 6.43. The highest BCUT2D eigenvalue weighted by atomic mass is 35.5. The molecule has 0 aliphatic rings. The van der Waals surface area contributed by atoms with Crippen LogP contribution in [0.3, 0.4) is 0 Å². The molecule has 0 saturated carbocycles. The smallest absolute Gasteiger partial charge is 0.338 e. The Kier molecular flexibility index (Phi) is 4.80. The van der Waals surface area contributed by atoms with Gasteiger partial charge >= 0.3 is 12.0 Å². The fraction of sp³-hybridized carbons (Fsp3) is 0.125. The van der Waals surface area contributed by atoms with Crippen LogP contribution in [-0.4, -0.2) is 33.2 Å². The van der Waals surface area contributed by atoms with Crippen LogP contribution in [0.2, 0.25) is 5.15 Å². The molecule has 0 bridgehead atoms. The second-order valence-electron chi connectivity index (χ2n) is 4.95. The highest BCUT2D eigenvalue weighted by Crippen LogP contribution is 2.17. The Morgan fingerprint density at radius 3 is 2.76 bits per heavy atom. The average Bonchev–Trinajstić information content (AvgIpc) is 2.99. The van der Waals surface area contributed by atoms with E-state index in [0.717, 1.165) is 0 Å². The van der Waals surface area contributed by atoms with Crippen molar-refractivity contribution in [2.75, 3.05) is 17.2 Å². The number of aromatic nitrogens is 3. The predicted octanol–water partition coefficient (Wildman–Crippen LogP) is 3.20. The molecule has 0 aliphatic carbocycles. The van der Waals surface area contributed by atoms with E-state index in [1.54, 1.807) is 43.3 Å². The van der Waals surface area contributed by atoms with Gasteiger partial charge in [-0.05, 0) is 37.3 Å².